The molecule has 2 N–H and O–H groups in total. The van der Waals surface area contributed by atoms with Crippen molar-refractivity contribution in [3.63, 3.8) is 0 Å². The van der Waals surface area contributed by atoms with Gasteiger partial charge in [-0.05, 0) is 38.6 Å². The van der Waals surface area contributed by atoms with E-state index in [9.17, 15) is 4.79 Å². The monoisotopic (exact) mass is 208 g/mol. The van der Waals surface area contributed by atoms with Crippen LogP contribution in [-0.4, -0.2) is 25.0 Å². The summed E-state index contributed by atoms with van der Waals surface area (Å²) in [6, 6.07) is 0.363. The molecule has 0 saturated carbocycles. The summed E-state index contributed by atoms with van der Waals surface area (Å²) in [7, 11) is 0. The number of nitrogens with one attached hydrogen (secondary N) is 2. The van der Waals surface area contributed by atoms with E-state index in [2.05, 4.69) is 16.7 Å². The summed E-state index contributed by atoms with van der Waals surface area (Å²) in [5.74, 6) is 0.205. The van der Waals surface area contributed by atoms with E-state index < -0.39 is 0 Å². The van der Waals surface area contributed by atoms with Gasteiger partial charge in [0.05, 0.1) is 0 Å². The molecule has 3 nitrogen and oxygen atoms in total. The van der Waals surface area contributed by atoms with Crippen LogP contribution in [0, 0.1) is 0 Å². The number of rotatable bonds is 3. The molecule has 84 valence electrons. The first kappa shape index (κ1) is 10.7. The lowest BCUT2D eigenvalue weighted by atomic mass is 9.97. The van der Waals surface area contributed by atoms with Crippen molar-refractivity contribution in [3.8, 4) is 0 Å². The van der Waals surface area contributed by atoms with Crippen LogP contribution in [0.3, 0.4) is 0 Å². The third-order valence-corrected chi connectivity index (χ3v) is 3.20. The fourth-order valence-electron chi connectivity index (χ4n) is 2.33. The highest BCUT2D eigenvalue weighted by molar-refractivity contribution is 5.78. The SMILES string of the molecule is O=C(CC1=CCCCC1)NC1CCNC1. The van der Waals surface area contributed by atoms with Gasteiger partial charge in [0.15, 0.2) is 0 Å². The number of allylic oxidation sites excluding steroid dienone is 1. The van der Waals surface area contributed by atoms with E-state index in [1.807, 2.05) is 0 Å². The summed E-state index contributed by atoms with van der Waals surface area (Å²) in [5.41, 5.74) is 1.34. The van der Waals surface area contributed by atoms with E-state index in [4.69, 9.17) is 0 Å². The van der Waals surface area contributed by atoms with E-state index >= 15 is 0 Å². The van der Waals surface area contributed by atoms with Crippen molar-refractivity contribution in [2.24, 2.45) is 0 Å². The molecule has 0 radical (unpaired) electrons. The van der Waals surface area contributed by atoms with Gasteiger partial charge in [0, 0.05) is 19.0 Å². The molecule has 1 atom stereocenters. The third-order valence-electron chi connectivity index (χ3n) is 3.20. The molecular weight excluding hydrogens is 188 g/mol. The lowest BCUT2D eigenvalue weighted by Gasteiger charge is -2.15. The average Bonchev–Trinajstić information content (AvgIpc) is 2.71. The minimum absolute atomic E-state index is 0.205. The number of carbonyl (C=O) groups excluding carboxylic acids is 1. The maximum absolute atomic E-state index is 11.7. The van der Waals surface area contributed by atoms with Crippen molar-refractivity contribution in [2.75, 3.05) is 13.1 Å². The predicted molar refractivity (Wildman–Crippen MR) is 60.6 cm³/mol. The molecule has 2 aliphatic rings. The van der Waals surface area contributed by atoms with Gasteiger partial charge < -0.3 is 10.6 Å². The van der Waals surface area contributed by atoms with Crippen LogP contribution in [0.4, 0.5) is 0 Å². The third kappa shape index (κ3) is 3.34. The van der Waals surface area contributed by atoms with Gasteiger partial charge in [-0.2, -0.15) is 0 Å². The molecule has 0 spiro atoms. The molecular formula is C12H20N2O. The first-order valence-corrected chi connectivity index (χ1v) is 6.02. The van der Waals surface area contributed by atoms with Crippen LogP contribution < -0.4 is 10.6 Å². The molecule has 0 aromatic rings. The lowest BCUT2D eigenvalue weighted by molar-refractivity contribution is -0.121. The molecule has 1 aliphatic heterocycles. The topological polar surface area (TPSA) is 41.1 Å². The zero-order chi connectivity index (χ0) is 10.5. The highest BCUT2D eigenvalue weighted by Crippen LogP contribution is 2.19. The van der Waals surface area contributed by atoms with Crippen molar-refractivity contribution in [2.45, 2.75) is 44.6 Å². The second-order valence-electron chi connectivity index (χ2n) is 4.54. The second kappa shape index (κ2) is 5.31. The summed E-state index contributed by atoms with van der Waals surface area (Å²) < 4.78 is 0. The van der Waals surface area contributed by atoms with Gasteiger partial charge in [-0.1, -0.05) is 11.6 Å². The number of amides is 1. The minimum atomic E-state index is 0.205. The molecule has 0 bridgehead atoms. The molecule has 2 rings (SSSR count). The van der Waals surface area contributed by atoms with E-state index in [0.29, 0.717) is 12.5 Å². The number of carbonyl (C=O) groups is 1. The Morgan fingerprint density at radius 2 is 2.47 bits per heavy atom. The standard InChI is InChI=1S/C12H20N2O/c15-12(14-11-6-7-13-9-11)8-10-4-2-1-3-5-10/h4,11,13H,1-3,5-9H2,(H,14,15). The second-order valence-corrected chi connectivity index (χ2v) is 4.54. The van der Waals surface area contributed by atoms with Crippen LogP contribution in [0.1, 0.15) is 38.5 Å². The van der Waals surface area contributed by atoms with Gasteiger partial charge in [-0.25, -0.2) is 0 Å². The summed E-state index contributed by atoms with van der Waals surface area (Å²) in [4.78, 5) is 11.7. The van der Waals surface area contributed by atoms with E-state index in [0.717, 1.165) is 32.4 Å². The Balaban J connectivity index is 1.73. The number of hydrogen-bond donors (Lipinski definition) is 2. The smallest absolute Gasteiger partial charge is 0.224 e. The average molecular weight is 208 g/mol. The van der Waals surface area contributed by atoms with E-state index in [1.165, 1.54) is 18.4 Å². The van der Waals surface area contributed by atoms with Crippen LogP contribution in [0.15, 0.2) is 11.6 Å². The van der Waals surface area contributed by atoms with Gasteiger partial charge >= 0.3 is 0 Å². The zero-order valence-corrected chi connectivity index (χ0v) is 9.22. The Kier molecular flexibility index (Phi) is 3.78. The van der Waals surface area contributed by atoms with Crippen LogP contribution in [0.5, 0.6) is 0 Å². The van der Waals surface area contributed by atoms with E-state index in [1.54, 1.807) is 0 Å². The fraction of sp³-hybridized carbons (Fsp3) is 0.750. The van der Waals surface area contributed by atoms with Crippen LogP contribution in [0.25, 0.3) is 0 Å². The van der Waals surface area contributed by atoms with Crippen molar-refractivity contribution in [1.82, 2.24) is 10.6 Å². The van der Waals surface area contributed by atoms with Crippen LogP contribution in [-0.2, 0) is 4.79 Å². The zero-order valence-electron chi connectivity index (χ0n) is 9.22. The molecule has 3 heteroatoms. The maximum Gasteiger partial charge on any atom is 0.224 e. The molecule has 0 aromatic carbocycles. The Bertz CT molecular complexity index is 254. The Morgan fingerprint density at radius 3 is 3.13 bits per heavy atom. The summed E-state index contributed by atoms with van der Waals surface area (Å²) in [6.45, 7) is 1.97. The molecule has 1 fully saturated rings. The Labute approximate surface area is 91.3 Å². The quantitative estimate of drug-likeness (QED) is 0.687. The molecule has 1 saturated heterocycles. The van der Waals surface area contributed by atoms with E-state index in [-0.39, 0.29) is 5.91 Å². The highest BCUT2D eigenvalue weighted by Gasteiger charge is 2.17. The molecule has 1 amide bonds. The molecule has 1 aliphatic carbocycles. The Hall–Kier alpha value is -0.830. The van der Waals surface area contributed by atoms with Gasteiger partial charge in [0.1, 0.15) is 0 Å². The number of hydrogen-bond acceptors (Lipinski definition) is 2. The molecule has 0 aromatic heterocycles. The first-order valence-electron chi connectivity index (χ1n) is 6.02. The first-order chi connectivity index (χ1) is 7.34. The molecule has 15 heavy (non-hydrogen) atoms. The minimum Gasteiger partial charge on any atom is -0.352 e. The normalized spacial score (nSPS) is 26.1. The summed E-state index contributed by atoms with van der Waals surface area (Å²) in [5, 5.41) is 6.34. The molecule has 1 unspecified atom stereocenters. The van der Waals surface area contributed by atoms with Crippen molar-refractivity contribution in [1.29, 1.82) is 0 Å². The summed E-state index contributed by atoms with van der Waals surface area (Å²) in [6.07, 6.45) is 8.77. The van der Waals surface area contributed by atoms with Crippen LogP contribution in [0.2, 0.25) is 0 Å². The van der Waals surface area contributed by atoms with Gasteiger partial charge in [0.2, 0.25) is 5.91 Å². The van der Waals surface area contributed by atoms with Crippen molar-refractivity contribution < 1.29 is 4.79 Å². The summed E-state index contributed by atoms with van der Waals surface area (Å²) >= 11 is 0. The van der Waals surface area contributed by atoms with Crippen LogP contribution >= 0.6 is 0 Å². The molecule has 1 heterocycles. The van der Waals surface area contributed by atoms with Crippen molar-refractivity contribution >= 4 is 5.91 Å². The Morgan fingerprint density at radius 1 is 1.53 bits per heavy atom. The van der Waals surface area contributed by atoms with Crippen molar-refractivity contribution in [3.05, 3.63) is 11.6 Å². The maximum atomic E-state index is 11.7. The highest BCUT2D eigenvalue weighted by atomic mass is 16.1. The van der Waals surface area contributed by atoms with Gasteiger partial charge in [0.25, 0.3) is 0 Å². The van der Waals surface area contributed by atoms with Gasteiger partial charge in [-0.3, -0.25) is 4.79 Å². The predicted octanol–water partition coefficient (Wildman–Crippen LogP) is 1.35. The van der Waals surface area contributed by atoms with Gasteiger partial charge in [-0.15, -0.1) is 0 Å². The largest absolute Gasteiger partial charge is 0.352 e. The fourth-order valence-corrected chi connectivity index (χ4v) is 2.33. The lowest BCUT2D eigenvalue weighted by Crippen LogP contribution is -2.36.